The van der Waals surface area contributed by atoms with Crippen molar-refractivity contribution in [3.8, 4) is 0 Å². The maximum Gasteiger partial charge on any atom is 0.252 e. The molecule has 3 N–H and O–H groups in total. The molecule has 0 aliphatic heterocycles. The Balaban J connectivity index is 1.67. The molecule has 0 fully saturated rings. The van der Waals surface area contributed by atoms with Crippen molar-refractivity contribution in [1.82, 2.24) is 20.6 Å². The zero-order valence-corrected chi connectivity index (χ0v) is 16.5. The summed E-state index contributed by atoms with van der Waals surface area (Å²) in [7, 11) is 0. The van der Waals surface area contributed by atoms with Crippen LogP contribution in [0, 0.1) is 12.8 Å². The van der Waals surface area contributed by atoms with E-state index < -0.39 is 6.04 Å². The topological polar surface area (TPSA) is 86.9 Å². The first kappa shape index (κ1) is 19.6. The Morgan fingerprint density at radius 1 is 1.07 bits per heavy atom. The SMILES string of the molecule is Cc1ccccc1C(=O)NC(CC(C)C)C(=O)NCc1nc2ccccc2[nH]1. The minimum atomic E-state index is -0.600. The van der Waals surface area contributed by atoms with Crippen LogP contribution in [-0.4, -0.2) is 27.8 Å². The van der Waals surface area contributed by atoms with Crippen LogP contribution in [0.15, 0.2) is 48.5 Å². The summed E-state index contributed by atoms with van der Waals surface area (Å²) in [4.78, 5) is 33.1. The van der Waals surface area contributed by atoms with Gasteiger partial charge in [0.15, 0.2) is 0 Å². The summed E-state index contributed by atoms with van der Waals surface area (Å²) in [5.41, 5.74) is 3.25. The van der Waals surface area contributed by atoms with Gasteiger partial charge in [-0.15, -0.1) is 0 Å². The third-order valence-electron chi connectivity index (χ3n) is 4.59. The largest absolute Gasteiger partial charge is 0.347 e. The lowest BCUT2D eigenvalue weighted by atomic mass is 10.0. The first-order chi connectivity index (χ1) is 13.4. The lowest BCUT2D eigenvalue weighted by Crippen LogP contribution is -2.47. The number of aromatic amines is 1. The van der Waals surface area contributed by atoms with Crippen LogP contribution in [0.5, 0.6) is 0 Å². The zero-order valence-electron chi connectivity index (χ0n) is 16.5. The number of rotatable bonds is 7. The van der Waals surface area contributed by atoms with E-state index in [4.69, 9.17) is 0 Å². The molecule has 0 spiro atoms. The van der Waals surface area contributed by atoms with Gasteiger partial charge in [-0.1, -0.05) is 44.2 Å². The minimum Gasteiger partial charge on any atom is -0.347 e. The summed E-state index contributed by atoms with van der Waals surface area (Å²) in [6, 6.07) is 14.5. The van der Waals surface area contributed by atoms with E-state index in [1.54, 1.807) is 6.07 Å². The first-order valence-corrected chi connectivity index (χ1v) is 9.52. The molecule has 6 nitrogen and oxygen atoms in total. The number of para-hydroxylation sites is 2. The number of hydrogen-bond acceptors (Lipinski definition) is 3. The average Bonchev–Trinajstić information content (AvgIpc) is 3.08. The number of aryl methyl sites for hydroxylation is 1. The Kier molecular flexibility index (Phi) is 6.09. The Morgan fingerprint density at radius 2 is 1.79 bits per heavy atom. The highest BCUT2D eigenvalue weighted by Crippen LogP contribution is 2.12. The van der Waals surface area contributed by atoms with E-state index >= 15 is 0 Å². The number of nitrogens with one attached hydrogen (secondary N) is 3. The molecule has 0 saturated carbocycles. The van der Waals surface area contributed by atoms with Crippen LogP contribution in [0.2, 0.25) is 0 Å². The monoisotopic (exact) mass is 378 g/mol. The number of benzene rings is 2. The molecule has 2 amide bonds. The molecular formula is C22H26N4O2. The molecule has 146 valence electrons. The van der Waals surface area contributed by atoms with Crippen molar-refractivity contribution >= 4 is 22.8 Å². The number of imidazole rings is 1. The standard InChI is InChI=1S/C22H26N4O2/c1-14(2)12-19(26-21(27)16-9-5-4-8-15(16)3)22(28)23-13-20-24-17-10-6-7-11-18(17)25-20/h4-11,14,19H,12-13H2,1-3H3,(H,23,28)(H,24,25)(H,26,27). The number of carbonyl (C=O) groups is 2. The number of hydrogen-bond donors (Lipinski definition) is 3. The molecule has 1 atom stereocenters. The number of carbonyl (C=O) groups excluding carboxylic acids is 2. The van der Waals surface area contributed by atoms with Gasteiger partial charge < -0.3 is 15.6 Å². The Hall–Kier alpha value is -3.15. The van der Waals surface area contributed by atoms with Crippen LogP contribution in [-0.2, 0) is 11.3 Å². The maximum absolute atomic E-state index is 12.8. The van der Waals surface area contributed by atoms with E-state index in [0.29, 0.717) is 17.8 Å². The summed E-state index contributed by atoms with van der Waals surface area (Å²) in [5.74, 6) is 0.501. The predicted octanol–water partition coefficient (Wildman–Crippen LogP) is 3.33. The van der Waals surface area contributed by atoms with Crippen molar-refractivity contribution in [2.45, 2.75) is 39.8 Å². The van der Waals surface area contributed by atoms with E-state index in [-0.39, 0.29) is 24.3 Å². The molecule has 0 bridgehead atoms. The molecule has 0 saturated heterocycles. The third kappa shape index (κ3) is 4.76. The van der Waals surface area contributed by atoms with Crippen molar-refractivity contribution in [1.29, 1.82) is 0 Å². The minimum absolute atomic E-state index is 0.212. The molecular weight excluding hydrogens is 352 g/mol. The van der Waals surface area contributed by atoms with Gasteiger partial charge in [-0.25, -0.2) is 4.98 Å². The van der Waals surface area contributed by atoms with Gasteiger partial charge in [0.2, 0.25) is 5.91 Å². The van der Waals surface area contributed by atoms with Crippen LogP contribution in [0.4, 0.5) is 0 Å². The molecule has 1 unspecified atom stereocenters. The normalized spacial score (nSPS) is 12.1. The molecule has 0 radical (unpaired) electrons. The quantitative estimate of drug-likeness (QED) is 0.589. The molecule has 0 aliphatic rings. The second-order valence-electron chi connectivity index (χ2n) is 7.39. The van der Waals surface area contributed by atoms with Gasteiger partial charge in [0.25, 0.3) is 5.91 Å². The lowest BCUT2D eigenvalue weighted by molar-refractivity contribution is -0.123. The van der Waals surface area contributed by atoms with E-state index in [2.05, 4.69) is 20.6 Å². The second kappa shape index (κ2) is 8.69. The van der Waals surface area contributed by atoms with E-state index in [0.717, 1.165) is 16.6 Å². The van der Waals surface area contributed by atoms with Gasteiger partial charge >= 0.3 is 0 Å². The number of amides is 2. The van der Waals surface area contributed by atoms with Gasteiger partial charge in [0, 0.05) is 5.56 Å². The first-order valence-electron chi connectivity index (χ1n) is 9.52. The van der Waals surface area contributed by atoms with Crippen molar-refractivity contribution in [2.75, 3.05) is 0 Å². The highest BCUT2D eigenvalue weighted by molar-refractivity contribution is 5.98. The van der Waals surface area contributed by atoms with Crippen LogP contribution < -0.4 is 10.6 Å². The number of nitrogens with zero attached hydrogens (tertiary/aromatic N) is 1. The van der Waals surface area contributed by atoms with Crippen LogP contribution in [0.3, 0.4) is 0 Å². The van der Waals surface area contributed by atoms with Gasteiger partial charge in [-0.2, -0.15) is 0 Å². The van der Waals surface area contributed by atoms with E-state index in [1.807, 2.05) is 63.2 Å². The van der Waals surface area contributed by atoms with Crippen molar-refractivity contribution < 1.29 is 9.59 Å². The second-order valence-corrected chi connectivity index (χ2v) is 7.39. The molecule has 28 heavy (non-hydrogen) atoms. The molecule has 3 aromatic rings. The van der Waals surface area contributed by atoms with Crippen LogP contribution in [0.1, 0.15) is 42.0 Å². The molecule has 1 heterocycles. The summed E-state index contributed by atoms with van der Waals surface area (Å²) in [5, 5.41) is 5.78. The average molecular weight is 378 g/mol. The number of fused-ring (bicyclic) bond motifs is 1. The zero-order chi connectivity index (χ0) is 20.1. The van der Waals surface area contributed by atoms with Crippen molar-refractivity contribution in [3.63, 3.8) is 0 Å². The number of H-pyrrole nitrogens is 1. The third-order valence-corrected chi connectivity index (χ3v) is 4.59. The van der Waals surface area contributed by atoms with Gasteiger partial charge in [0.05, 0.1) is 17.6 Å². The fraction of sp³-hybridized carbons (Fsp3) is 0.318. The Morgan fingerprint density at radius 3 is 2.50 bits per heavy atom. The molecule has 1 aromatic heterocycles. The highest BCUT2D eigenvalue weighted by Gasteiger charge is 2.23. The highest BCUT2D eigenvalue weighted by atomic mass is 16.2. The van der Waals surface area contributed by atoms with Gasteiger partial charge in [-0.3, -0.25) is 9.59 Å². The summed E-state index contributed by atoms with van der Waals surface area (Å²) in [6.45, 7) is 6.22. The molecule has 0 aliphatic carbocycles. The smallest absolute Gasteiger partial charge is 0.252 e. The lowest BCUT2D eigenvalue weighted by Gasteiger charge is -2.20. The van der Waals surface area contributed by atoms with Crippen molar-refractivity contribution in [3.05, 3.63) is 65.5 Å². The Labute approximate surface area is 164 Å². The van der Waals surface area contributed by atoms with Gasteiger partial charge in [0.1, 0.15) is 11.9 Å². The predicted molar refractivity (Wildman–Crippen MR) is 110 cm³/mol. The fourth-order valence-electron chi connectivity index (χ4n) is 3.15. The number of aromatic nitrogens is 2. The van der Waals surface area contributed by atoms with Crippen molar-refractivity contribution in [2.24, 2.45) is 5.92 Å². The summed E-state index contributed by atoms with van der Waals surface area (Å²) >= 11 is 0. The van der Waals surface area contributed by atoms with E-state index in [1.165, 1.54) is 0 Å². The van der Waals surface area contributed by atoms with Crippen LogP contribution >= 0.6 is 0 Å². The maximum atomic E-state index is 12.8. The van der Waals surface area contributed by atoms with Gasteiger partial charge in [-0.05, 0) is 43.0 Å². The Bertz CT molecular complexity index is 944. The van der Waals surface area contributed by atoms with E-state index in [9.17, 15) is 9.59 Å². The molecule has 2 aromatic carbocycles. The molecule has 3 rings (SSSR count). The summed E-state index contributed by atoms with van der Waals surface area (Å²) in [6.07, 6.45) is 0.559. The van der Waals surface area contributed by atoms with Crippen LogP contribution in [0.25, 0.3) is 11.0 Å². The fourth-order valence-corrected chi connectivity index (χ4v) is 3.15. The molecule has 6 heteroatoms. The summed E-state index contributed by atoms with van der Waals surface area (Å²) < 4.78 is 0.